The molecule has 0 aliphatic carbocycles. The molecule has 2 aromatic rings. The smallest absolute Gasteiger partial charge is 0.406 e. The van der Waals surface area contributed by atoms with Crippen LogP contribution in [0.5, 0.6) is 5.75 Å². The van der Waals surface area contributed by atoms with E-state index in [4.69, 9.17) is 0 Å². The molecule has 130 valence electrons. The van der Waals surface area contributed by atoms with E-state index in [1.54, 1.807) is 18.3 Å². The van der Waals surface area contributed by atoms with Gasteiger partial charge >= 0.3 is 6.36 Å². The highest BCUT2D eigenvalue weighted by Gasteiger charge is 2.31. The van der Waals surface area contributed by atoms with Crippen LogP contribution in [-0.2, 0) is 6.54 Å². The second kappa shape index (κ2) is 6.72. The number of nitrogens with zero attached hydrogens (tertiary/aromatic N) is 2. The van der Waals surface area contributed by atoms with Gasteiger partial charge < -0.3 is 15.4 Å². The fourth-order valence-electron chi connectivity index (χ4n) is 2.74. The summed E-state index contributed by atoms with van der Waals surface area (Å²) in [4.78, 5) is 0. The Kier molecular flexibility index (Phi) is 4.66. The Morgan fingerprint density at radius 3 is 2.79 bits per heavy atom. The maximum absolute atomic E-state index is 12.2. The van der Waals surface area contributed by atoms with Crippen molar-refractivity contribution < 1.29 is 17.9 Å². The van der Waals surface area contributed by atoms with Crippen molar-refractivity contribution in [1.29, 1.82) is 0 Å². The van der Waals surface area contributed by atoms with Crippen molar-refractivity contribution in [3.05, 3.63) is 42.1 Å². The molecule has 0 fully saturated rings. The second-order valence-electron chi connectivity index (χ2n) is 5.89. The van der Waals surface area contributed by atoms with Gasteiger partial charge in [0, 0.05) is 37.7 Å². The summed E-state index contributed by atoms with van der Waals surface area (Å²) in [6.07, 6.45) is -2.89. The monoisotopic (exact) mass is 340 g/mol. The molecule has 0 bridgehead atoms. The molecule has 1 aromatic heterocycles. The first-order valence-corrected chi connectivity index (χ1v) is 7.75. The Morgan fingerprint density at radius 1 is 1.33 bits per heavy atom. The molecule has 1 aliphatic heterocycles. The summed E-state index contributed by atoms with van der Waals surface area (Å²) in [6, 6.07) is 7.92. The van der Waals surface area contributed by atoms with Crippen LogP contribution in [0.25, 0.3) is 0 Å². The standard InChI is InChI=1S/C16H19F3N4O/c1-11(13-2-4-14(5-3-13)24-16(17,18)19)20-8-12-9-21-15-6-7-22-23(15)10-12/h2-7,11-12,20-21H,8-10H2,1H3/t11-,12+/m0/s1. The van der Waals surface area contributed by atoms with Crippen molar-refractivity contribution in [1.82, 2.24) is 15.1 Å². The predicted molar refractivity (Wildman–Crippen MR) is 83.7 cm³/mol. The highest BCUT2D eigenvalue weighted by molar-refractivity contribution is 5.35. The fraction of sp³-hybridized carbons (Fsp3) is 0.438. The number of ether oxygens (including phenoxy) is 1. The maximum Gasteiger partial charge on any atom is 0.573 e. The first kappa shape index (κ1) is 16.6. The number of anilines is 1. The zero-order valence-electron chi connectivity index (χ0n) is 13.2. The van der Waals surface area contributed by atoms with Gasteiger partial charge in [0.15, 0.2) is 0 Å². The van der Waals surface area contributed by atoms with Crippen LogP contribution in [0.15, 0.2) is 36.5 Å². The van der Waals surface area contributed by atoms with Crippen molar-refractivity contribution in [3.8, 4) is 5.75 Å². The molecule has 2 N–H and O–H groups in total. The van der Waals surface area contributed by atoms with Gasteiger partial charge in [0.25, 0.3) is 0 Å². The molecule has 0 saturated heterocycles. The van der Waals surface area contributed by atoms with Crippen molar-refractivity contribution in [2.75, 3.05) is 18.4 Å². The number of rotatable bonds is 5. The molecule has 5 nitrogen and oxygen atoms in total. The van der Waals surface area contributed by atoms with Gasteiger partial charge in [-0.15, -0.1) is 13.2 Å². The fourth-order valence-corrected chi connectivity index (χ4v) is 2.74. The van der Waals surface area contributed by atoms with Gasteiger partial charge in [-0.1, -0.05) is 12.1 Å². The van der Waals surface area contributed by atoms with Gasteiger partial charge in [-0.25, -0.2) is 4.68 Å². The number of aromatic nitrogens is 2. The lowest BCUT2D eigenvalue weighted by Gasteiger charge is -2.26. The summed E-state index contributed by atoms with van der Waals surface area (Å²) in [6.45, 7) is 4.47. The molecule has 0 spiro atoms. The summed E-state index contributed by atoms with van der Waals surface area (Å²) in [5.74, 6) is 1.22. The lowest BCUT2D eigenvalue weighted by molar-refractivity contribution is -0.274. The Morgan fingerprint density at radius 2 is 2.08 bits per heavy atom. The minimum absolute atomic E-state index is 0.0314. The molecule has 0 radical (unpaired) electrons. The topological polar surface area (TPSA) is 51.1 Å². The van der Waals surface area contributed by atoms with E-state index in [0.29, 0.717) is 5.92 Å². The second-order valence-corrected chi connectivity index (χ2v) is 5.89. The normalized spacial score (nSPS) is 18.6. The van der Waals surface area contributed by atoms with Gasteiger partial charge in [0.05, 0.1) is 6.20 Å². The third kappa shape index (κ3) is 4.19. The molecule has 8 heteroatoms. The lowest BCUT2D eigenvalue weighted by Crippen LogP contribution is -2.36. The average Bonchev–Trinajstić information content (AvgIpc) is 2.99. The molecule has 1 aromatic carbocycles. The van der Waals surface area contributed by atoms with E-state index in [9.17, 15) is 13.2 Å². The molecule has 1 aliphatic rings. The van der Waals surface area contributed by atoms with Gasteiger partial charge in [-0.3, -0.25) is 0 Å². The summed E-state index contributed by atoms with van der Waals surface area (Å²) in [5.41, 5.74) is 0.910. The molecule has 0 saturated carbocycles. The van der Waals surface area contributed by atoms with Crippen molar-refractivity contribution in [2.24, 2.45) is 5.92 Å². The van der Waals surface area contributed by atoms with E-state index in [2.05, 4.69) is 20.5 Å². The Hall–Kier alpha value is -2.22. The van der Waals surface area contributed by atoms with E-state index in [1.165, 1.54) is 12.1 Å². The van der Waals surface area contributed by atoms with Crippen molar-refractivity contribution >= 4 is 5.82 Å². The van der Waals surface area contributed by atoms with E-state index in [0.717, 1.165) is 31.0 Å². The highest BCUT2D eigenvalue weighted by atomic mass is 19.4. The van der Waals surface area contributed by atoms with Crippen LogP contribution in [0.4, 0.5) is 19.0 Å². The quantitative estimate of drug-likeness (QED) is 0.878. The molecule has 0 unspecified atom stereocenters. The Labute approximate surface area is 137 Å². The van der Waals surface area contributed by atoms with E-state index in [1.807, 2.05) is 17.7 Å². The molecule has 2 heterocycles. The first-order valence-electron chi connectivity index (χ1n) is 7.75. The Balaban J connectivity index is 1.51. The zero-order chi connectivity index (χ0) is 17.2. The van der Waals surface area contributed by atoms with Crippen LogP contribution in [-0.4, -0.2) is 29.2 Å². The minimum Gasteiger partial charge on any atom is -0.406 e. The van der Waals surface area contributed by atoms with Crippen LogP contribution in [0.2, 0.25) is 0 Å². The molecular weight excluding hydrogens is 321 g/mol. The van der Waals surface area contributed by atoms with E-state index in [-0.39, 0.29) is 11.8 Å². The number of hydrogen-bond donors (Lipinski definition) is 2. The molecule has 0 amide bonds. The number of halogens is 3. The van der Waals surface area contributed by atoms with E-state index >= 15 is 0 Å². The summed E-state index contributed by atoms with van der Waals surface area (Å²) in [5, 5.41) is 11.0. The molecule has 2 atom stereocenters. The van der Waals surface area contributed by atoms with Gasteiger partial charge in [0.2, 0.25) is 0 Å². The van der Waals surface area contributed by atoms with Crippen LogP contribution in [0, 0.1) is 5.92 Å². The summed E-state index contributed by atoms with van der Waals surface area (Å²) >= 11 is 0. The molecular formula is C16H19F3N4O. The third-order valence-corrected chi connectivity index (χ3v) is 4.05. The summed E-state index contributed by atoms with van der Waals surface area (Å²) < 4.78 is 42.3. The predicted octanol–water partition coefficient (Wildman–Crippen LogP) is 3.17. The van der Waals surface area contributed by atoms with Gasteiger partial charge in [-0.2, -0.15) is 5.10 Å². The van der Waals surface area contributed by atoms with Crippen LogP contribution >= 0.6 is 0 Å². The van der Waals surface area contributed by atoms with Gasteiger partial charge in [0.1, 0.15) is 11.6 Å². The molecule has 3 rings (SSSR count). The number of hydrogen-bond acceptors (Lipinski definition) is 4. The van der Waals surface area contributed by atoms with Gasteiger partial charge in [-0.05, 0) is 24.6 Å². The third-order valence-electron chi connectivity index (χ3n) is 4.05. The number of alkyl halides is 3. The number of benzene rings is 1. The first-order chi connectivity index (χ1) is 11.4. The van der Waals surface area contributed by atoms with Crippen molar-refractivity contribution in [2.45, 2.75) is 25.9 Å². The summed E-state index contributed by atoms with van der Waals surface area (Å²) in [7, 11) is 0. The van der Waals surface area contributed by atoms with Crippen LogP contribution in [0.3, 0.4) is 0 Å². The number of fused-ring (bicyclic) bond motifs is 1. The van der Waals surface area contributed by atoms with Crippen molar-refractivity contribution in [3.63, 3.8) is 0 Å². The largest absolute Gasteiger partial charge is 0.573 e. The SMILES string of the molecule is C[C@H](NC[C@@H]1CNc2ccnn2C1)c1ccc(OC(F)(F)F)cc1. The maximum atomic E-state index is 12.2. The number of nitrogens with one attached hydrogen (secondary N) is 2. The lowest BCUT2D eigenvalue weighted by atomic mass is 10.1. The minimum atomic E-state index is -4.66. The Bertz CT molecular complexity index is 669. The van der Waals surface area contributed by atoms with E-state index < -0.39 is 6.36 Å². The average molecular weight is 340 g/mol. The van der Waals surface area contributed by atoms with Crippen LogP contribution < -0.4 is 15.4 Å². The molecule has 24 heavy (non-hydrogen) atoms. The zero-order valence-corrected chi connectivity index (χ0v) is 13.2. The van der Waals surface area contributed by atoms with Crippen LogP contribution in [0.1, 0.15) is 18.5 Å². The highest BCUT2D eigenvalue weighted by Crippen LogP contribution is 2.24.